The van der Waals surface area contributed by atoms with E-state index in [9.17, 15) is 27.1 Å². The van der Waals surface area contributed by atoms with Gasteiger partial charge in [-0.3, -0.25) is 13.9 Å². The van der Waals surface area contributed by atoms with Crippen LogP contribution in [0.3, 0.4) is 0 Å². The zero-order chi connectivity index (χ0) is 31.8. The van der Waals surface area contributed by atoms with Crippen molar-refractivity contribution in [2.45, 2.75) is 31.5 Å². The molecule has 0 saturated heterocycles. The molecule has 0 radical (unpaired) electrons. The molecule has 0 atom stereocenters. The van der Waals surface area contributed by atoms with Crippen molar-refractivity contribution in [2.75, 3.05) is 37.2 Å². The molecule has 5 rings (SSSR count). The molecule has 1 aliphatic rings. The Hall–Kier alpha value is -3.59. The molecule has 0 aliphatic carbocycles. The number of amides is 1. The van der Waals surface area contributed by atoms with Gasteiger partial charge >= 0.3 is 6.18 Å². The maximum absolute atomic E-state index is 13.5. The lowest BCUT2D eigenvalue weighted by molar-refractivity contribution is -0.141. The largest absolute Gasteiger partial charge is 0.435 e. The Morgan fingerprint density at radius 1 is 1.09 bits per heavy atom. The average Bonchev–Trinajstić information content (AvgIpc) is 3.55. The van der Waals surface area contributed by atoms with Crippen LogP contribution in [0, 0.1) is 0 Å². The third kappa shape index (κ3) is 6.29. The number of rotatable bonds is 9. The smallest absolute Gasteiger partial charge is 0.397 e. The fraction of sp³-hybridized carbons (Fsp3) is 0.267. The van der Waals surface area contributed by atoms with Crippen molar-refractivity contribution >= 4 is 39.7 Å². The molecule has 4 aromatic rings. The Labute approximate surface area is 259 Å². The Morgan fingerprint density at radius 2 is 1.80 bits per heavy atom. The van der Waals surface area contributed by atoms with Gasteiger partial charge in [-0.1, -0.05) is 55.8 Å². The van der Waals surface area contributed by atoms with Crippen molar-refractivity contribution in [2.24, 2.45) is 0 Å². The van der Waals surface area contributed by atoms with Crippen LogP contribution in [0.25, 0.3) is 16.8 Å². The van der Waals surface area contributed by atoms with Gasteiger partial charge < -0.3 is 16.0 Å². The average molecular weight is 649 g/mol. The predicted octanol–water partition coefficient (Wildman–Crippen LogP) is 7.23. The summed E-state index contributed by atoms with van der Waals surface area (Å²) >= 11 is 5.96. The Balaban J connectivity index is 1.39. The second-order valence-electron chi connectivity index (χ2n) is 10.3. The number of alkyl halides is 3. The monoisotopic (exact) mass is 648 g/mol. The van der Waals surface area contributed by atoms with E-state index in [2.05, 4.69) is 29.2 Å². The molecule has 9 nitrogen and oxygen atoms in total. The van der Waals surface area contributed by atoms with Gasteiger partial charge in [0.1, 0.15) is 5.69 Å². The van der Waals surface area contributed by atoms with Gasteiger partial charge in [-0.15, -0.1) is 10.8 Å². The number of aromatic nitrogens is 2. The van der Waals surface area contributed by atoms with Crippen LogP contribution in [0.15, 0.2) is 71.6 Å². The van der Waals surface area contributed by atoms with E-state index in [1.807, 2.05) is 18.2 Å². The van der Waals surface area contributed by atoms with Gasteiger partial charge in [-0.05, 0) is 54.5 Å². The third-order valence-electron chi connectivity index (χ3n) is 7.55. The Kier molecular flexibility index (Phi) is 8.99. The second-order valence-corrected chi connectivity index (χ2v) is 12.6. The molecule has 5 N–H and O–H groups in total. The molecule has 0 fully saturated rings. The number of fused-ring (bicyclic) bond motifs is 1. The standard InChI is InChI=1S/C30H32ClF3N6O3S/c1-3-38(4-2)14-15-39-18-20-6-5-7-23(28(20)44(39,42)43)19-8-10-21(11-9-19)36-29(41)26-17-27(30(32,33)34)37-40(26)22-12-13-24(31)25(35)16-22/h5-13,16-17,42-43H,3-4,14-15,18,35H2,1-2H3,(H,36,41). The van der Waals surface area contributed by atoms with E-state index in [1.54, 1.807) is 28.6 Å². The van der Waals surface area contributed by atoms with Crippen molar-refractivity contribution in [1.82, 2.24) is 19.0 Å². The second kappa shape index (κ2) is 12.4. The molecule has 0 spiro atoms. The van der Waals surface area contributed by atoms with E-state index in [-0.39, 0.29) is 22.1 Å². The lowest BCUT2D eigenvalue weighted by atomic mass is 10.0. The van der Waals surface area contributed by atoms with Crippen LogP contribution in [0.2, 0.25) is 5.02 Å². The summed E-state index contributed by atoms with van der Waals surface area (Å²) in [4.78, 5) is 15.9. The normalized spacial score (nSPS) is 15.4. The molecule has 0 bridgehead atoms. The Morgan fingerprint density at radius 3 is 2.43 bits per heavy atom. The minimum absolute atomic E-state index is 0.117. The van der Waals surface area contributed by atoms with Crippen LogP contribution in [0.4, 0.5) is 24.5 Å². The number of hydrogen-bond acceptors (Lipinski definition) is 7. The lowest BCUT2D eigenvalue weighted by Crippen LogP contribution is -2.34. The van der Waals surface area contributed by atoms with Gasteiger partial charge in [-0.25, -0.2) is 4.68 Å². The highest BCUT2D eigenvalue weighted by Crippen LogP contribution is 2.61. The van der Waals surface area contributed by atoms with E-state index in [1.165, 1.54) is 18.2 Å². The fourth-order valence-corrected chi connectivity index (χ4v) is 7.13. The number of hydrogen-bond donors (Lipinski definition) is 4. The molecule has 234 valence electrons. The first-order chi connectivity index (χ1) is 20.8. The molecular formula is C30H32ClF3N6O3S. The quantitative estimate of drug-likeness (QED) is 0.141. The summed E-state index contributed by atoms with van der Waals surface area (Å²) in [5.74, 6) is -0.826. The summed E-state index contributed by atoms with van der Waals surface area (Å²) in [5, 5.41) is 6.43. The molecular weight excluding hydrogens is 617 g/mol. The molecule has 14 heteroatoms. The third-order valence-corrected chi connectivity index (χ3v) is 9.95. The SMILES string of the molecule is CCN(CC)CCN1Cc2cccc(-c3ccc(NC(=O)c4cc(C(F)(F)F)nn4-c4ccc(Cl)c(N)c4)cc3)c2S1(O)O. The van der Waals surface area contributed by atoms with Crippen molar-refractivity contribution in [3.05, 3.63) is 88.7 Å². The molecule has 0 unspecified atom stereocenters. The number of halogens is 4. The number of carbonyl (C=O) groups is 1. The van der Waals surface area contributed by atoms with E-state index >= 15 is 0 Å². The number of carbonyl (C=O) groups excluding carboxylic acids is 1. The van der Waals surface area contributed by atoms with E-state index in [0.717, 1.165) is 23.3 Å². The molecule has 1 aliphatic heterocycles. The summed E-state index contributed by atoms with van der Waals surface area (Å²) < 4.78 is 65.8. The van der Waals surface area contributed by atoms with Crippen LogP contribution in [0.1, 0.15) is 35.6 Å². The van der Waals surface area contributed by atoms with Crippen LogP contribution < -0.4 is 11.1 Å². The Bertz CT molecular complexity index is 1680. The zero-order valence-electron chi connectivity index (χ0n) is 24.0. The number of nitrogen functional groups attached to an aromatic ring is 1. The fourth-order valence-electron chi connectivity index (χ4n) is 5.14. The van der Waals surface area contributed by atoms with Crippen molar-refractivity contribution < 1.29 is 27.1 Å². The molecule has 2 heterocycles. The molecule has 3 aromatic carbocycles. The number of nitrogens with two attached hydrogens (primary N) is 1. The van der Waals surface area contributed by atoms with Crippen LogP contribution >= 0.6 is 22.4 Å². The number of anilines is 2. The van der Waals surface area contributed by atoms with E-state index in [4.69, 9.17) is 17.3 Å². The molecule has 44 heavy (non-hydrogen) atoms. The first-order valence-corrected chi connectivity index (χ1v) is 15.7. The number of benzene rings is 3. The summed E-state index contributed by atoms with van der Waals surface area (Å²) in [5.41, 5.74) is 6.96. The lowest BCUT2D eigenvalue weighted by Gasteiger charge is -2.39. The van der Waals surface area contributed by atoms with Gasteiger partial charge in [0.05, 0.1) is 21.3 Å². The number of likely N-dealkylation sites (N-methyl/N-ethyl adjacent to an activating group) is 1. The number of nitrogens with zero attached hydrogens (tertiary/aromatic N) is 4. The first kappa shape index (κ1) is 31.8. The highest BCUT2D eigenvalue weighted by molar-refractivity contribution is 8.22. The van der Waals surface area contributed by atoms with Crippen LogP contribution in [0.5, 0.6) is 0 Å². The van der Waals surface area contributed by atoms with Crippen molar-refractivity contribution in [3.63, 3.8) is 0 Å². The summed E-state index contributed by atoms with van der Waals surface area (Å²) in [6, 6.07) is 17.0. The minimum atomic E-state index is -4.78. The molecule has 1 aromatic heterocycles. The van der Waals surface area contributed by atoms with Gasteiger partial charge in [-0.2, -0.15) is 22.6 Å². The van der Waals surface area contributed by atoms with Crippen molar-refractivity contribution in [3.8, 4) is 16.8 Å². The van der Waals surface area contributed by atoms with Gasteiger partial charge in [0.15, 0.2) is 5.69 Å². The van der Waals surface area contributed by atoms with Crippen LogP contribution in [-0.4, -0.2) is 60.2 Å². The van der Waals surface area contributed by atoms with Gasteiger partial charge in [0.25, 0.3) is 5.91 Å². The van der Waals surface area contributed by atoms with E-state index < -0.39 is 28.6 Å². The van der Waals surface area contributed by atoms with E-state index in [0.29, 0.717) is 47.4 Å². The minimum Gasteiger partial charge on any atom is -0.397 e. The summed E-state index contributed by atoms with van der Waals surface area (Å²) in [6.07, 6.45) is -4.78. The maximum Gasteiger partial charge on any atom is 0.435 e. The van der Waals surface area contributed by atoms with Crippen LogP contribution in [-0.2, 0) is 12.7 Å². The topological polar surface area (TPSA) is 120 Å². The first-order valence-electron chi connectivity index (χ1n) is 13.9. The maximum atomic E-state index is 13.5. The highest BCUT2D eigenvalue weighted by atomic mass is 35.5. The molecule has 0 saturated carbocycles. The predicted molar refractivity (Wildman–Crippen MR) is 167 cm³/mol. The highest BCUT2D eigenvalue weighted by Gasteiger charge is 2.38. The zero-order valence-corrected chi connectivity index (χ0v) is 25.5. The summed E-state index contributed by atoms with van der Waals surface area (Å²) in [7, 11) is -3.23. The number of nitrogens with one attached hydrogen (secondary N) is 1. The molecule has 1 amide bonds. The van der Waals surface area contributed by atoms with Crippen molar-refractivity contribution in [1.29, 1.82) is 0 Å². The van der Waals surface area contributed by atoms with Gasteiger partial charge in [0.2, 0.25) is 0 Å². The van der Waals surface area contributed by atoms with Gasteiger partial charge in [0, 0.05) is 37.0 Å². The summed E-state index contributed by atoms with van der Waals surface area (Å²) in [6.45, 7) is 7.48.